The predicted molar refractivity (Wildman–Crippen MR) is 185 cm³/mol. The van der Waals surface area contributed by atoms with Crippen LogP contribution in [0.25, 0.3) is 0 Å². The fourth-order valence-electron chi connectivity index (χ4n) is 5.78. The van der Waals surface area contributed by atoms with Crippen LogP contribution in [0.3, 0.4) is 0 Å². The summed E-state index contributed by atoms with van der Waals surface area (Å²) >= 11 is 0. The zero-order chi connectivity index (χ0) is 31.3. The zero-order valence-electron chi connectivity index (χ0n) is 29.1. The molecule has 8 N–H and O–H groups in total. The molecule has 0 amide bonds. The van der Waals surface area contributed by atoms with Crippen molar-refractivity contribution in [2.24, 2.45) is 58.4 Å². The summed E-state index contributed by atoms with van der Waals surface area (Å²) in [4.78, 5) is 10.8. The molecule has 1 heterocycles. The largest absolute Gasteiger partial charge is 0.330 e. The molecule has 1 aliphatic heterocycles. The quantitative estimate of drug-likeness (QED) is 0.120. The summed E-state index contributed by atoms with van der Waals surface area (Å²) in [6.07, 6.45) is 7.35. The van der Waals surface area contributed by atoms with Gasteiger partial charge in [0.15, 0.2) is 0 Å². The molecule has 0 spiro atoms. The Morgan fingerprint density at radius 3 is 0.929 bits per heavy atom. The number of rotatable bonds is 26. The Hall–Kier alpha value is -0.320. The first kappa shape index (κ1) is 39.7. The second-order valence-corrected chi connectivity index (χ2v) is 14.6. The Morgan fingerprint density at radius 2 is 0.690 bits per heavy atom. The monoisotopic (exact) mass is 597 g/mol. The van der Waals surface area contributed by atoms with Gasteiger partial charge in [-0.2, -0.15) is 0 Å². The second kappa shape index (κ2) is 24.0. The van der Waals surface area contributed by atoms with Crippen molar-refractivity contribution in [1.82, 2.24) is 19.6 Å². The lowest BCUT2D eigenvalue weighted by Crippen LogP contribution is -2.47. The topological polar surface area (TPSA) is 117 Å². The highest BCUT2D eigenvalue weighted by atomic mass is 15.3. The normalized spacial score (nSPS) is 19.7. The van der Waals surface area contributed by atoms with Crippen LogP contribution in [0.2, 0.25) is 0 Å². The Kier molecular flexibility index (Phi) is 22.7. The summed E-state index contributed by atoms with van der Waals surface area (Å²) < 4.78 is 0. The van der Waals surface area contributed by atoms with Crippen LogP contribution in [-0.4, -0.2) is 124 Å². The van der Waals surface area contributed by atoms with Crippen molar-refractivity contribution < 1.29 is 0 Å². The van der Waals surface area contributed by atoms with Gasteiger partial charge in [0.05, 0.1) is 0 Å². The van der Waals surface area contributed by atoms with Crippen LogP contribution in [0.4, 0.5) is 0 Å². The van der Waals surface area contributed by atoms with E-state index in [1.807, 2.05) is 0 Å². The van der Waals surface area contributed by atoms with Crippen molar-refractivity contribution in [2.45, 2.75) is 80.1 Å². The first-order valence-corrected chi connectivity index (χ1v) is 17.8. The molecule has 8 heteroatoms. The first-order valence-electron chi connectivity index (χ1n) is 17.8. The Labute approximate surface area is 262 Å². The van der Waals surface area contributed by atoms with Crippen molar-refractivity contribution in [3.05, 3.63) is 0 Å². The maximum absolute atomic E-state index is 5.89. The van der Waals surface area contributed by atoms with Crippen LogP contribution in [0, 0.1) is 35.5 Å². The second-order valence-electron chi connectivity index (χ2n) is 14.6. The summed E-state index contributed by atoms with van der Waals surface area (Å²) in [5.74, 6) is 3.83. The zero-order valence-corrected chi connectivity index (χ0v) is 29.1. The molecule has 8 nitrogen and oxygen atoms in total. The lowest BCUT2D eigenvalue weighted by Gasteiger charge is -2.36. The van der Waals surface area contributed by atoms with Gasteiger partial charge in [0.1, 0.15) is 0 Å². The van der Waals surface area contributed by atoms with Crippen LogP contribution in [0.1, 0.15) is 80.1 Å². The van der Waals surface area contributed by atoms with Crippen LogP contribution < -0.4 is 22.9 Å². The van der Waals surface area contributed by atoms with E-state index in [4.69, 9.17) is 22.9 Å². The third-order valence-electron chi connectivity index (χ3n) is 9.84. The van der Waals surface area contributed by atoms with Crippen molar-refractivity contribution in [3.8, 4) is 0 Å². The van der Waals surface area contributed by atoms with Crippen LogP contribution in [0.15, 0.2) is 0 Å². The Morgan fingerprint density at radius 1 is 0.429 bits per heavy atom. The molecule has 0 radical (unpaired) electrons. The van der Waals surface area contributed by atoms with E-state index in [9.17, 15) is 0 Å². The molecular formula is C34H76N8. The third-order valence-corrected chi connectivity index (χ3v) is 9.84. The van der Waals surface area contributed by atoms with Gasteiger partial charge in [-0.1, -0.05) is 41.5 Å². The highest BCUT2D eigenvalue weighted by Gasteiger charge is 2.20. The summed E-state index contributed by atoms with van der Waals surface area (Å²) in [5.41, 5.74) is 23.6. The van der Waals surface area contributed by atoms with E-state index in [2.05, 4.69) is 61.1 Å². The van der Waals surface area contributed by atoms with E-state index in [0.29, 0.717) is 35.5 Å². The molecule has 1 fully saturated rings. The lowest BCUT2D eigenvalue weighted by atomic mass is 10.0. The minimum Gasteiger partial charge on any atom is -0.330 e. The third kappa shape index (κ3) is 19.1. The summed E-state index contributed by atoms with van der Waals surface area (Å²) in [5, 5.41) is 0. The van der Waals surface area contributed by atoms with Gasteiger partial charge in [0.2, 0.25) is 0 Å². The molecule has 1 aliphatic rings. The molecule has 0 aliphatic carbocycles. The number of hydrogen-bond donors (Lipinski definition) is 4. The van der Waals surface area contributed by atoms with Crippen molar-refractivity contribution in [3.63, 3.8) is 0 Å². The summed E-state index contributed by atoms with van der Waals surface area (Å²) in [6.45, 7) is 31.5. The van der Waals surface area contributed by atoms with E-state index >= 15 is 0 Å². The lowest BCUT2D eigenvalue weighted by molar-refractivity contribution is 0.115. The average molecular weight is 597 g/mol. The van der Waals surface area contributed by atoms with Gasteiger partial charge >= 0.3 is 0 Å². The van der Waals surface area contributed by atoms with Gasteiger partial charge in [-0.3, -0.25) is 0 Å². The SMILES string of the molecule is CC(CN)CCN(CCC(C)CN)CC(C)CCN1CCN(CCC(C)CN(CCC(C)CN)CCC(C)CN)CC1. The molecule has 6 unspecified atom stereocenters. The van der Waals surface area contributed by atoms with Gasteiger partial charge in [0.25, 0.3) is 0 Å². The maximum Gasteiger partial charge on any atom is 0.0110 e. The van der Waals surface area contributed by atoms with E-state index in [-0.39, 0.29) is 0 Å². The molecular weight excluding hydrogens is 520 g/mol. The summed E-state index contributed by atoms with van der Waals surface area (Å²) in [7, 11) is 0. The van der Waals surface area contributed by atoms with Crippen LogP contribution >= 0.6 is 0 Å². The molecule has 0 aromatic carbocycles. The molecule has 0 aromatic heterocycles. The molecule has 0 aromatic rings. The van der Waals surface area contributed by atoms with Crippen LogP contribution in [0.5, 0.6) is 0 Å². The molecule has 0 saturated carbocycles. The molecule has 0 bridgehead atoms. The summed E-state index contributed by atoms with van der Waals surface area (Å²) in [6, 6.07) is 0. The van der Waals surface area contributed by atoms with Gasteiger partial charge in [-0.05, 0) is 139 Å². The van der Waals surface area contributed by atoms with Gasteiger partial charge in [-0.15, -0.1) is 0 Å². The van der Waals surface area contributed by atoms with Crippen molar-refractivity contribution >= 4 is 0 Å². The van der Waals surface area contributed by atoms with E-state index in [1.165, 1.54) is 90.9 Å². The minimum absolute atomic E-state index is 0.600. The molecule has 6 atom stereocenters. The van der Waals surface area contributed by atoms with Crippen molar-refractivity contribution in [1.29, 1.82) is 0 Å². The van der Waals surface area contributed by atoms with E-state index < -0.39 is 0 Å². The minimum atomic E-state index is 0.600. The Balaban J connectivity index is 2.37. The molecule has 42 heavy (non-hydrogen) atoms. The van der Waals surface area contributed by atoms with Crippen molar-refractivity contribution in [2.75, 3.05) is 105 Å². The van der Waals surface area contributed by atoms with Crippen LogP contribution in [-0.2, 0) is 0 Å². The van der Waals surface area contributed by atoms with Gasteiger partial charge in [0, 0.05) is 39.3 Å². The fraction of sp³-hybridized carbons (Fsp3) is 1.00. The molecule has 252 valence electrons. The number of hydrogen-bond acceptors (Lipinski definition) is 8. The maximum atomic E-state index is 5.89. The predicted octanol–water partition coefficient (Wildman–Crippen LogP) is 3.20. The Bertz CT molecular complexity index is 534. The van der Waals surface area contributed by atoms with E-state index in [0.717, 1.165) is 52.4 Å². The number of nitrogens with zero attached hydrogens (tertiary/aromatic N) is 4. The molecule has 1 saturated heterocycles. The average Bonchev–Trinajstić information content (AvgIpc) is 3.00. The smallest absolute Gasteiger partial charge is 0.0110 e. The highest BCUT2D eigenvalue weighted by molar-refractivity contribution is 4.76. The van der Waals surface area contributed by atoms with Gasteiger partial charge < -0.3 is 42.5 Å². The standard InChI is InChI=1S/C34H76N8/c1-29(23-35)7-15-41(16-8-30(2)24-36)27-33(5)11-13-39-19-21-40(22-20-39)14-12-34(6)28-42(17-9-31(3)25-37)18-10-32(4)26-38/h29-34H,7-28,35-38H2,1-6H3. The van der Waals surface area contributed by atoms with E-state index in [1.54, 1.807) is 0 Å². The number of piperazine rings is 1. The number of nitrogens with two attached hydrogens (primary N) is 4. The van der Waals surface area contributed by atoms with Gasteiger partial charge in [-0.25, -0.2) is 0 Å². The highest BCUT2D eigenvalue weighted by Crippen LogP contribution is 2.15. The first-order chi connectivity index (χ1) is 20.1. The molecule has 1 rings (SSSR count). The fourth-order valence-corrected chi connectivity index (χ4v) is 5.78.